The van der Waals surface area contributed by atoms with E-state index in [0.29, 0.717) is 17.3 Å². The van der Waals surface area contributed by atoms with E-state index in [1.165, 1.54) is 11.0 Å². The highest BCUT2D eigenvalue weighted by Crippen LogP contribution is 2.61. The summed E-state index contributed by atoms with van der Waals surface area (Å²) in [6.45, 7) is 4.62. The predicted octanol–water partition coefficient (Wildman–Crippen LogP) is 4.04. The van der Waals surface area contributed by atoms with Gasteiger partial charge >= 0.3 is 0 Å². The van der Waals surface area contributed by atoms with Gasteiger partial charge in [-0.3, -0.25) is 19.3 Å². The summed E-state index contributed by atoms with van der Waals surface area (Å²) in [5.41, 5.74) is 2.68. The number of carbonyl (C=O) groups excluding carboxylic acids is 3. The Hall–Kier alpha value is -2.41. The molecule has 4 aliphatic rings. The summed E-state index contributed by atoms with van der Waals surface area (Å²) in [5, 5.41) is 3.71. The van der Waals surface area contributed by atoms with Crippen molar-refractivity contribution in [2.45, 2.75) is 38.3 Å². The fourth-order valence-electron chi connectivity index (χ4n) is 6.56. The van der Waals surface area contributed by atoms with Gasteiger partial charge in [-0.15, -0.1) is 0 Å². The Bertz CT molecular complexity index is 1250. The Labute approximate surface area is 195 Å². The molecule has 3 saturated heterocycles. The van der Waals surface area contributed by atoms with E-state index in [9.17, 15) is 14.4 Å². The van der Waals surface area contributed by atoms with Crippen LogP contribution in [0.4, 0.5) is 11.4 Å². The van der Waals surface area contributed by atoms with Gasteiger partial charge in [-0.2, -0.15) is 0 Å². The maximum Gasteiger partial charge on any atom is 0.250 e. The molecule has 1 spiro atoms. The van der Waals surface area contributed by atoms with Crippen LogP contribution in [0.15, 0.2) is 30.3 Å². The van der Waals surface area contributed by atoms with Gasteiger partial charge < -0.3 is 5.32 Å². The second-order valence-corrected chi connectivity index (χ2v) is 10.1. The highest BCUT2D eigenvalue weighted by atomic mass is 35.5. The third kappa shape index (κ3) is 2.28. The number of amides is 3. The molecule has 0 aromatic heterocycles. The lowest BCUT2D eigenvalue weighted by molar-refractivity contribution is -0.135. The molecule has 8 heteroatoms. The number of nitrogens with zero attached hydrogens (tertiary/aromatic N) is 2. The van der Waals surface area contributed by atoms with E-state index in [2.05, 4.69) is 10.2 Å². The number of hydrogen-bond acceptors (Lipinski definition) is 4. The third-order valence-electron chi connectivity index (χ3n) is 7.59. The Morgan fingerprint density at radius 1 is 1.06 bits per heavy atom. The van der Waals surface area contributed by atoms with Gasteiger partial charge in [0.05, 0.1) is 22.5 Å². The van der Waals surface area contributed by atoms with E-state index in [0.717, 1.165) is 35.2 Å². The molecule has 2 aromatic rings. The molecule has 4 aliphatic heterocycles. The molecule has 0 saturated carbocycles. The van der Waals surface area contributed by atoms with Crippen LogP contribution in [0.2, 0.25) is 10.0 Å². The first-order chi connectivity index (χ1) is 15.3. The summed E-state index contributed by atoms with van der Waals surface area (Å²) in [5.74, 6) is -2.26. The fourth-order valence-corrected chi connectivity index (χ4v) is 7.05. The van der Waals surface area contributed by atoms with Gasteiger partial charge in [0.25, 0.3) is 0 Å². The summed E-state index contributed by atoms with van der Waals surface area (Å²) in [7, 11) is 0. The maximum atomic E-state index is 14.0. The van der Waals surface area contributed by atoms with Gasteiger partial charge in [-0.1, -0.05) is 40.9 Å². The molecular weight excluding hydrogens is 449 g/mol. The first-order valence-electron chi connectivity index (χ1n) is 10.8. The van der Waals surface area contributed by atoms with Crippen LogP contribution < -0.4 is 10.2 Å². The second kappa shape index (κ2) is 6.56. The summed E-state index contributed by atoms with van der Waals surface area (Å²) in [6, 6.07) is 8.58. The van der Waals surface area contributed by atoms with Gasteiger partial charge in [0.2, 0.25) is 17.7 Å². The van der Waals surface area contributed by atoms with Gasteiger partial charge in [0.15, 0.2) is 0 Å². The van der Waals surface area contributed by atoms with Crippen LogP contribution in [0.5, 0.6) is 0 Å². The number of benzene rings is 2. The summed E-state index contributed by atoms with van der Waals surface area (Å²) in [4.78, 5) is 44.7. The van der Waals surface area contributed by atoms with Crippen molar-refractivity contribution in [2.24, 2.45) is 11.8 Å². The van der Waals surface area contributed by atoms with Crippen LogP contribution in [-0.4, -0.2) is 35.2 Å². The van der Waals surface area contributed by atoms with Crippen molar-refractivity contribution in [1.82, 2.24) is 4.90 Å². The fraction of sp³-hybridized carbons (Fsp3) is 0.375. The third-order valence-corrected chi connectivity index (χ3v) is 8.13. The van der Waals surface area contributed by atoms with Crippen LogP contribution in [-0.2, 0) is 19.9 Å². The lowest BCUT2D eigenvalue weighted by Gasteiger charge is -2.37. The Morgan fingerprint density at radius 3 is 2.59 bits per heavy atom. The number of halogens is 2. The van der Waals surface area contributed by atoms with E-state index in [1.807, 2.05) is 26.0 Å². The van der Waals surface area contributed by atoms with Crippen molar-refractivity contribution in [3.05, 3.63) is 57.1 Å². The molecule has 4 heterocycles. The van der Waals surface area contributed by atoms with Gasteiger partial charge in [-0.05, 0) is 57.0 Å². The summed E-state index contributed by atoms with van der Waals surface area (Å²) >= 11 is 12.4. The average Bonchev–Trinajstić information content (AvgIpc) is 3.42. The molecule has 164 valence electrons. The summed E-state index contributed by atoms with van der Waals surface area (Å²) in [6.07, 6.45) is 1.66. The quantitative estimate of drug-likeness (QED) is 0.639. The normalized spacial score (nSPS) is 30.8. The molecule has 6 nitrogen and oxygen atoms in total. The smallest absolute Gasteiger partial charge is 0.250 e. The Kier molecular flexibility index (Phi) is 4.15. The molecule has 0 bridgehead atoms. The van der Waals surface area contributed by atoms with Crippen LogP contribution >= 0.6 is 23.2 Å². The zero-order valence-corrected chi connectivity index (χ0v) is 19.1. The monoisotopic (exact) mass is 469 g/mol. The first-order valence-corrected chi connectivity index (χ1v) is 11.5. The Balaban J connectivity index is 1.58. The molecule has 2 aromatic carbocycles. The number of nitrogens with one attached hydrogen (secondary N) is 1. The second-order valence-electron chi connectivity index (χ2n) is 9.24. The molecular formula is C24H21Cl2N3O3. The van der Waals surface area contributed by atoms with Gasteiger partial charge in [0, 0.05) is 22.3 Å². The molecule has 1 N–H and O–H groups in total. The number of hydrogen-bond donors (Lipinski definition) is 1. The van der Waals surface area contributed by atoms with Crippen LogP contribution in [0, 0.1) is 25.7 Å². The highest BCUT2D eigenvalue weighted by molar-refractivity contribution is 6.38. The van der Waals surface area contributed by atoms with Gasteiger partial charge in [-0.25, -0.2) is 4.90 Å². The van der Waals surface area contributed by atoms with Crippen LogP contribution in [0.3, 0.4) is 0 Å². The van der Waals surface area contributed by atoms with Crippen molar-refractivity contribution in [2.75, 3.05) is 16.8 Å². The van der Waals surface area contributed by atoms with Crippen molar-refractivity contribution < 1.29 is 14.4 Å². The number of carbonyl (C=O) groups is 3. The first kappa shape index (κ1) is 20.2. The zero-order valence-electron chi connectivity index (χ0n) is 17.6. The lowest BCUT2D eigenvalue weighted by atomic mass is 9.75. The van der Waals surface area contributed by atoms with Crippen molar-refractivity contribution in [1.29, 1.82) is 0 Å². The predicted molar refractivity (Wildman–Crippen MR) is 122 cm³/mol. The molecule has 0 aliphatic carbocycles. The molecule has 3 amide bonds. The number of rotatable bonds is 1. The van der Waals surface area contributed by atoms with Crippen LogP contribution in [0.1, 0.15) is 29.5 Å². The van der Waals surface area contributed by atoms with E-state index >= 15 is 0 Å². The molecule has 32 heavy (non-hydrogen) atoms. The minimum absolute atomic E-state index is 0.162. The van der Waals surface area contributed by atoms with Crippen LogP contribution in [0.25, 0.3) is 0 Å². The van der Waals surface area contributed by atoms with Gasteiger partial charge in [0.1, 0.15) is 5.54 Å². The van der Waals surface area contributed by atoms with Crippen molar-refractivity contribution in [3.8, 4) is 0 Å². The lowest BCUT2D eigenvalue weighted by Crippen LogP contribution is -2.54. The molecule has 0 unspecified atom stereocenters. The topological polar surface area (TPSA) is 69.7 Å². The molecule has 6 rings (SSSR count). The van der Waals surface area contributed by atoms with E-state index in [4.69, 9.17) is 23.2 Å². The maximum absolute atomic E-state index is 14.0. The summed E-state index contributed by atoms with van der Waals surface area (Å²) < 4.78 is 0. The number of aryl methyl sites for hydroxylation is 2. The van der Waals surface area contributed by atoms with E-state index in [-0.39, 0.29) is 28.8 Å². The number of imide groups is 1. The number of anilines is 2. The van der Waals surface area contributed by atoms with E-state index < -0.39 is 17.4 Å². The molecule has 4 atom stereocenters. The standard InChI is InChI=1S/C24H21Cl2N3O3/c1-11-8-12(2)20-14(9-11)24(23(32)27-20)19-18(17-4-3-7-28(17)24)21(30)29(22(19)31)16-6-5-13(25)10-15(16)26/h5-6,8-10,17-19H,3-4,7H2,1-2H3,(H,27,32)/t17-,18-,19+,24-/m1/s1. The minimum Gasteiger partial charge on any atom is -0.324 e. The van der Waals surface area contributed by atoms with E-state index in [1.54, 1.807) is 12.1 Å². The minimum atomic E-state index is -1.18. The molecule has 3 fully saturated rings. The highest BCUT2D eigenvalue weighted by Gasteiger charge is 2.74. The number of fused-ring (bicyclic) bond motifs is 7. The van der Waals surface area contributed by atoms with Crippen molar-refractivity contribution >= 4 is 52.3 Å². The molecule has 0 radical (unpaired) electrons. The average molecular weight is 470 g/mol. The zero-order chi connectivity index (χ0) is 22.5. The Morgan fingerprint density at radius 2 is 1.84 bits per heavy atom. The van der Waals surface area contributed by atoms with Crippen molar-refractivity contribution in [3.63, 3.8) is 0 Å². The SMILES string of the molecule is Cc1cc(C)c2c(c1)[C@]1(C(=O)N2)[C@@H]2C(=O)N(c3ccc(Cl)cc3Cl)C(=O)[C@@H]2[C@H]2CCCN21. The largest absolute Gasteiger partial charge is 0.324 e.